The summed E-state index contributed by atoms with van der Waals surface area (Å²) >= 11 is 0. The Bertz CT molecular complexity index is 771. The van der Waals surface area contributed by atoms with Crippen molar-refractivity contribution in [3.8, 4) is 0 Å². The molecule has 164 valence electrons. The van der Waals surface area contributed by atoms with Gasteiger partial charge in [0, 0.05) is 25.8 Å². The van der Waals surface area contributed by atoms with E-state index in [1.165, 1.54) is 12.8 Å². The Kier molecular flexibility index (Phi) is 8.13. The molecule has 1 unspecified atom stereocenters. The van der Waals surface area contributed by atoms with Crippen molar-refractivity contribution in [3.05, 3.63) is 48.3 Å². The molecule has 30 heavy (non-hydrogen) atoms. The topological polar surface area (TPSA) is 82.4 Å². The molecule has 2 amide bonds. The van der Waals surface area contributed by atoms with Gasteiger partial charge in [-0.2, -0.15) is 5.10 Å². The predicted octanol–water partition coefficient (Wildman–Crippen LogP) is 3.64. The van der Waals surface area contributed by atoms with E-state index in [1.54, 1.807) is 9.58 Å². The van der Waals surface area contributed by atoms with Gasteiger partial charge in [0.05, 0.1) is 31.1 Å². The zero-order valence-electron chi connectivity index (χ0n) is 18.1. The number of urea groups is 1. The van der Waals surface area contributed by atoms with Gasteiger partial charge in [0.25, 0.3) is 0 Å². The van der Waals surface area contributed by atoms with Crippen LogP contribution in [0.4, 0.5) is 10.5 Å². The Hall–Kier alpha value is -2.54. The monoisotopic (exact) mass is 413 g/mol. The van der Waals surface area contributed by atoms with Crippen LogP contribution >= 0.6 is 0 Å². The SMILES string of the molecule is CC(NC(=O)N(C)CCC1CCC(Nc2cnn(CCO)c2)CC1)c1ccccc1. The lowest BCUT2D eigenvalue weighted by Crippen LogP contribution is -2.39. The number of hydrogen-bond acceptors (Lipinski definition) is 4. The van der Waals surface area contributed by atoms with Gasteiger partial charge in [0.15, 0.2) is 0 Å². The molecule has 1 aliphatic carbocycles. The minimum Gasteiger partial charge on any atom is -0.394 e. The minimum absolute atomic E-state index is 0.00407. The zero-order chi connectivity index (χ0) is 21.3. The molecule has 2 aromatic rings. The molecule has 1 aliphatic rings. The number of nitrogens with one attached hydrogen (secondary N) is 2. The second-order valence-corrected chi connectivity index (χ2v) is 8.37. The fourth-order valence-corrected chi connectivity index (χ4v) is 4.09. The molecule has 1 aromatic heterocycles. The van der Waals surface area contributed by atoms with Crippen LogP contribution < -0.4 is 10.6 Å². The number of benzene rings is 1. The molecule has 1 atom stereocenters. The molecule has 0 aliphatic heterocycles. The average molecular weight is 414 g/mol. The van der Waals surface area contributed by atoms with Gasteiger partial charge >= 0.3 is 6.03 Å². The highest BCUT2D eigenvalue weighted by Crippen LogP contribution is 2.29. The van der Waals surface area contributed by atoms with Crippen LogP contribution in [0.3, 0.4) is 0 Å². The number of rotatable bonds is 9. The summed E-state index contributed by atoms with van der Waals surface area (Å²) in [5, 5.41) is 19.9. The highest BCUT2D eigenvalue weighted by molar-refractivity contribution is 5.74. The van der Waals surface area contributed by atoms with Gasteiger partial charge in [-0.1, -0.05) is 30.3 Å². The van der Waals surface area contributed by atoms with Crippen LogP contribution in [0.15, 0.2) is 42.7 Å². The summed E-state index contributed by atoms with van der Waals surface area (Å²) in [7, 11) is 1.88. The Morgan fingerprint density at radius 1 is 1.27 bits per heavy atom. The number of hydrogen-bond donors (Lipinski definition) is 3. The molecule has 0 saturated heterocycles. The van der Waals surface area contributed by atoms with E-state index in [-0.39, 0.29) is 18.7 Å². The smallest absolute Gasteiger partial charge is 0.317 e. The summed E-state index contributed by atoms with van der Waals surface area (Å²) < 4.78 is 1.76. The van der Waals surface area contributed by atoms with E-state index >= 15 is 0 Å². The van der Waals surface area contributed by atoms with Crippen molar-refractivity contribution in [2.45, 2.75) is 57.7 Å². The van der Waals surface area contributed by atoms with E-state index < -0.39 is 0 Å². The first-order valence-electron chi connectivity index (χ1n) is 11.0. The number of amides is 2. The van der Waals surface area contributed by atoms with E-state index in [9.17, 15) is 4.79 Å². The molecule has 1 fully saturated rings. The first-order valence-corrected chi connectivity index (χ1v) is 11.0. The number of carbonyl (C=O) groups excluding carboxylic acids is 1. The molecule has 0 radical (unpaired) electrons. The molecular weight excluding hydrogens is 378 g/mol. The first-order chi connectivity index (χ1) is 14.5. The van der Waals surface area contributed by atoms with Gasteiger partial charge in [-0.3, -0.25) is 4.68 Å². The van der Waals surface area contributed by atoms with Crippen molar-refractivity contribution in [3.63, 3.8) is 0 Å². The van der Waals surface area contributed by atoms with Crippen LogP contribution in [0.1, 0.15) is 50.6 Å². The van der Waals surface area contributed by atoms with Crippen LogP contribution in [0.25, 0.3) is 0 Å². The number of aromatic nitrogens is 2. The fourth-order valence-electron chi connectivity index (χ4n) is 4.09. The van der Waals surface area contributed by atoms with Gasteiger partial charge < -0.3 is 20.6 Å². The van der Waals surface area contributed by atoms with Crippen LogP contribution in [0.2, 0.25) is 0 Å². The molecule has 3 N–H and O–H groups in total. The molecule has 7 heteroatoms. The maximum atomic E-state index is 12.5. The Morgan fingerprint density at radius 3 is 2.70 bits per heavy atom. The highest BCUT2D eigenvalue weighted by atomic mass is 16.3. The van der Waals surface area contributed by atoms with Crippen LogP contribution in [-0.2, 0) is 6.54 Å². The Morgan fingerprint density at radius 2 is 2.00 bits per heavy atom. The third-order valence-electron chi connectivity index (χ3n) is 6.04. The zero-order valence-corrected chi connectivity index (χ0v) is 18.1. The molecule has 3 rings (SSSR count). The Balaban J connectivity index is 1.35. The number of nitrogens with zero attached hydrogens (tertiary/aromatic N) is 3. The average Bonchev–Trinajstić information content (AvgIpc) is 3.20. The van der Waals surface area contributed by atoms with Crippen molar-refractivity contribution < 1.29 is 9.90 Å². The molecule has 1 heterocycles. The fraction of sp³-hybridized carbons (Fsp3) is 0.565. The van der Waals surface area contributed by atoms with Crippen molar-refractivity contribution in [2.75, 3.05) is 25.5 Å². The number of anilines is 1. The van der Waals surface area contributed by atoms with E-state index in [4.69, 9.17) is 5.11 Å². The lowest BCUT2D eigenvalue weighted by molar-refractivity contribution is 0.198. The van der Waals surface area contributed by atoms with Gasteiger partial charge in [0.1, 0.15) is 0 Å². The third-order valence-corrected chi connectivity index (χ3v) is 6.04. The summed E-state index contributed by atoms with van der Waals surface area (Å²) in [5.41, 5.74) is 2.14. The maximum Gasteiger partial charge on any atom is 0.317 e. The lowest BCUT2D eigenvalue weighted by atomic mass is 9.84. The predicted molar refractivity (Wildman–Crippen MR) is 119 cm³/mol. The van der Waals surface area contributed by atoms with E-state index in [0.717, 1.165) is 37.1 Å². The van der Waals surface area contributed by atoms with Gasteiger partial charge in [0.2, 0.25) is 0 Å². The van der Waals surface area contributed by atoms with Crippen LogP contribution in [0.5, 0.6) is 0 Å². The molecular formula is C23H35N5O2. The van der Waals surface area contributed by atoms with Gasteiger partial charge in [-0.05, 0) is 50.5 Å². The maximum absolute atomic E-state index is 12.5. The number of aliphatic hydroxyl groups is 1. The minimum atomic E-state index is -0.0124. The largest absolute Gasteiger partial charge is 0.394 e. The molecule has 0 bridgehead atoms. The summed E-state index contributed by atoms with van der Waals surface area (Å²) in [6, 6.07) is 10.5. The molecule has 0 spiro atoms. The van der Waals surface area contributed by atoms with Crippen molar-refractivity contribution in [1.82, 2.24) is 20.0 Å². The van der Waals surface area contributed by atoms with Gasteiger partial charge in [-0.15, -0.1) is 0 Å². The highest BCUT2D eigenvalue weighted by Gasteiger charge is 2.22. The third kappa shape index (κ3) is 6.49. The summed E-state index contributed by atoms with van der Waals surface area (Å²) in [6.45, 7) is 3.43. The van der Waals surface area contributed by atoms with Crippen molar-refractivity contribution in [1.29, 1.82) is 0 Å². The summed E-state index contributed by atoms with van der Waals surface area (Å²) in [6.07, 6.45) is 9.45. The summed E-state index contributed by atoms with van der Waals surface area (Å²) in [4.78, 5) is 14.3. The van der Waals surface area contributed by atoms with E-state index in [2.05, 4.69) is 15.7 Å². The standard InChI is InChI=1S/C23H35N5O2/c1-18(20-6-4-3-5-7-20)25-23(30)27(2)13-12-19-8-10-21(11-9-19)26-22-16-24-28(17-22)14-15-29/h3-7,16-19,21,26,29H,8-15H2,1-2H3,(H,25,30). The van der Waals surface area contributed by atoms with Crippen molar-refractivity contribution in [2.24, 2.45) is 5.92 Å². The van der Waals surface area contributed by atoms with Gasteiger partial charge in [-0.25, -0.2) is 4.79 Å². The van der Waals surface area contributed by atoms with Crippen LogP contribution in [0, 0.1) is 5.92 Å². The lowest BCUT2D eigenvalue weighted by Gasteiger charge is -2.30. The number of aliphatic hydroxyl groups excluding tert-OH is 1. The number of carbonyl (C=O) groups is 1. The molecule has 1 saturated carbocycles. The quantitative estimate of drug-likeness (QED) is 0.586. The second kappa shape index (κ2) is 11.0. The summed E-state index contributed by atoms with van der Waals surface area (Å²) in [5.74, 6) is 0.668. The normalized spacial score (nSPS) is 19.8. The van der Waals surface area contributed by atoms with Crippen molar-refractivity contribution >= 4 is 11.7 Å². The molecule has 1 aromatic carbocycles. The Labute approximate surface area is 179 Å². The van der Waals surface area contributed by atoms with Crippen LogP contribution in [-0.4, -0.2) is 52.1 Å². The molecule has 7 nitrogen and oxygen atoms in total. The first kappa shape index (κ1) is 22.2. The second-order valence-electron chi connectivity index (χ2n) is 8.37. The van der Waals surface area contributed by atoms with E-state index in [1.807, 2.05) is 56.7 Å². The van der Waals surface area contributed by atoms with E-state index in [0.29, 0.717) is 18.5 Å².